The van der Waals surface area contributed by atoms with Gasteiger partial charge in [-0.25, -0.2) is 0 Å². The molecular weight excluding hydrogens is 576 g/mol. The van der Waals surface area contributed by atoms with Crippen LogP contribution in [0.3, 0.4) is 0 Å². The van der Waals surface area contributed by atoms with Gasteiger partial charge in [-0.15, -0.1) is 0 Å². The Kier molecular flexibility index (Phi) is 8.07. The van der Waals surface area contributed by atoms with E-state index in [4.69, 9.17) is 9.47 Å². The number of Topliss-reactive ketones (excluding diaryl/α,β-unsaturated/α-hetero) is 1. The summed E-state index contributed by atoms with van der Waals surface area (Å²) in [6, 6.07) is 0. The van der Waals surface area contributed by atoms with E-state index in [9.17, 15) is 35.1 Å². The summed E-state index contributed by atoms with van der Waals surface area (Å²) >= 11 is 0. The number of hydrogen-bond acceptors (Lipinski definition) is 9. The zero-order valence-corrected chi connectivity index (χ0v) is 28.0. The SMILES string of the molecule is C=C(C)[C@@H]1CC[C@]2(C(=O)O[C@@H]3O[C@H](CO)[C@@H](O)[C@H](O)[C@H]3O)CC[C@]3(C)[C@H](CC[C@@H]4[C@@]5(C)CCC(=O)C(C)(C)[C@@H]5C[C@H](O)[C@]43C)[C@@H]12. The fraction of sp³-hybridized carbons (Fsp3) is 0.889. The highest BCUT2D eigenvalue weighted by Crippen LogP contribution is 2.77. The van der Waals surface area contributed by atoms with Crippen LogP contribution in [0.5, 0.6) is 0 Å². The quantitative estimate of drug-likeness (QED) is 0.231. The van der Waals surface area contributed by atoms with E-state index in [1.807, 2.05) is 6.92 Å². The molecule has 1 heterocycles. The summed E-state index contributed by atoms with van der Waals surface area (Å²) in [7, 11) is 0. The fourth-order valence-electron chi connectivity index (χ4n) is 12.6. The third-order valence-corrected chi connectivity index (χ3v) is 15.4. The Morgan fingerprint density at radius 3 is 2.27 bits per heavy atom. The van der Waals surface area contributed by atoms with Crippen molar-refractivity contribution in [2.75, 3.05) is 6.61 Å². The predicted molar refractivity (Wildman–Crippen MR) is 165 cm³/mol. The van der Waals surface area contributed by atoms with Gasteiger partial charge in [0.05, 0.1) is 18.1 Å². The first kappa shape index (κ1) is 33.5. The lowest BCUT2D eigenvalue weighted by molar-refractivity contribution is -0.300. The van der Waals surface area contributed by atoms with Crippen LogP contribution in [-0.4, -0.2) is 80.7 Å². The van der Waals surface area contributed by atoms with Gasteiger partial charge in [-0.3, -0.25) is 9.59 Å². The van der Waals surface area contributed by atoms with Crippen molar-refractivity contribution in [2.45, 2.75) is 136 Å². The molecule has 0 bridgehead atoms. The van der Waals surface area contributed by atoms with E-state index >= 15 is 0 Å². The standard InChI is InChI=1S/C36H56O9/c1-18(2)19-10-13-36(31(43)45-30-29(42)28(41)27(40)21(17-37)44-30)15-14-34(6)20(26(19)36)8-9-22-33(5)12-11-24(38)32(3,4)23(33)16-25(39)35(22,34)7/h19-23,25-30,37,39-42H,1,8-17H2,2-7H3/t19-,20+,21+,22+,23-,25-,26+,27+,28-,29+,30-,33+,34+,35-,36-/m0/s1. The molecule has 6 aliphatic rings. The van der Waals surface area contributed by atoms with Crippen molar-refractivity contribution in [2.24, 2.45) is 56.7 Å². The van der Waals surface area contributed by atoms with Gasteiger partial charge in [0.1, 0.15) is 30.2 Å². The summed E-state index contributed by atoms with van der Waals surface area (Å²) in [6.07, 6.45) is -1.52. The van der Waals surface area contributed by atoms with E-state index in [0.717, 1.165) is 37.7 Å². The first-order valence-electron chi connectivity index (χ1n) is 17.3. The van der Waals surface area contributed by atoms with Crippen molar-refractivity contribution >= 4 is 11.8 Å². The minimum Gasteiger partial charge on any atom is -0.432 e. The summed E-state index contributed by atoms with van der Waals surface area (Å²) in [5, 5.41) is 53.2. The molecule has 0 spiro atoms. The van der Waals surface area contributed by atoms with Crippen LogP contribution in [-0.2, 0) is 19.1 Å². The zero-order chi connectivity index (χ0) is 33.1. The molecule has 6 fully saturated rings. The zero-order valence-electron chi connectivity index (χ0n) is 28.0. The lowest BCUT2D eigenvalue weighted by Gasteiger charge is -2.73. The van der Waals surface area contributed by atoms with Crippen molar-refractivity contribution in [3.8, 4) is 0 Å². The van der Waals surface area contributed by atoms with Gasteiger partial charge < -0.3 is 35.0 Å². The van der Waals surface area contributed by atoms with Gasteiger partial charge in [-0.1, -0.05) is 46.8 Å². The number of aliphatic hydroxyl groups is 5. The lowest BCUT2D eigenvalue weighted by Crippen LogP contribution is -2.70. The number of ketones is 1. The molecule has 0 aromatic heterocycles. The average molecular weight is 633 g/mol. The smallest absolute Gasteiger partial charge is 0.314 e. The second kappa shape index (κ2) is 10.8. The van der Waals surface area contributed by atoms with Gasteiger partial charge in [-0.2, -0.15) is 0 Å². The number of aliphatic hydroxyl groups excluding tert-OH is 5. The number of carbonyl (C=O) groups excluding carboxylic acids is 2. The summed E-state index contributed by atoms with van der Waals surface area (Å²) in [5.74, 6) is 0.316. The minimum atomic E-state index is -1.65. The van der Waals surface area contributed by atoms with Crippen LogP contribution < -0.4 is 0 Å². The Balaban J connectivity index is 1.35. The molecule has 15 atom stereocenters. The normalized spacial score (nSPS) is 53.8. The molecule has 0 aromatic rings. The molecular formula is C36H56O9. The lowest BCUT2D eigenvalue weighted by atomic mass is 9.31. The molecule has 5 N–H and O–H groups in total. The molecule has 0 amide bonds. The maximum atomic E-state index is 14.4. The molecule has 45 heavy (non-hydrogen) atoms. The Morgan fingerprint density at radius 2 is 1.62 bits per heavy atom. The van der Waals surface area contributed by atoms with Crippen LogP contribution in [0.1, 0.15) is 99.3 Å². The van der Waals surface area contributed by atoms with Crippen molar-refractivity contribution in [1.82, 2.24) is 0 Å². The largest absolute Gasteiger partial charge is 0.432 e. The topological polar surface area (TPSA) is 154 Å². The van der Waals surface area contributed by atoms with E-state index in [0.29, 0.717) is 31.5 Å². The first-order valence-corrected chi connectivity index (χ1v) is 17.3. The number of esters is 1. The Morgan fingerprint density at radius 1 is 0.933 bits per heavy atom. The summed E-state index contributed by atoms with van der Waals surface area (Å²) < 4.78 is 11.5. The van der Waals surface area contributed by atoms with Crippen LogP contribution >= 0.6 is 0 Å². The van der Waals surface area contributed by atoms with Crippen LogP contribution in [0.25, 0.3) is 0 Å². The highest BCUT2D eigenvalue weighted by atomic mass is 16.7. The van der Waals surface area contributed by atoms with E-state index in [-0.39, 0.29) is 40.4 Å². The molecule has 9 nitrogen and oxygen atoms in total. The second-order valence-corrected chi connectivity index (χ2v) is 17.2. The Hall–Kier alpha value is -1.36. The third kappa shape index (κ3) is 4.32. The van der Waals surface area contributed by atoms with Crippen molar-refractivity contribution in [3.05, 3.63) is 12.2 Å². The Labute approximate surface area is 267 Å². The molecule has 6 rings (SSSR count). The molecule has 0 unspecified atom stereocenters. The maximum absolute atomic E-state index is 14.4. The van der Waals surface area contributed by atoms with Gasteiger partial charge in [-0.05, 0) is 98.7 Å². The number of fused-ring (bicyclic) bond motifs is 7. The van der Waals surface area contributed by atoms with Crippen molar-refractivity contribution in [1.29, 1.82) is 0 Å². The number of carbonyl (C=O) groups is 2. The van der Waals surface area contributed by atoms with Gasteiger partial charge in [0.25, 0.3) is 0 Å². The molecule has 9 heteroatoms. The highest BCUT2D eigenvalue weighted by molar-refractivity contribution is 5.85. The highest BCUT2D eigenvalue weighted by Gasteiger charge is 2.74. The van der Waals surface area contributed by atoms with E-state index in [1.54, 1.807) is 0 Å². The van der Waals surface area contributed by atoms with Crippen LogP contribution in [0, 0.1) is 56.7 Å². The molecule has 0 radical (unpaired) electrons. The summed E-state index contributed by atoms with van der Waals surface area (Å²) in [6.45, 7) is 17.0. The maximum Gasteiger partial charge on any atom is 0.314 e. The Bertz CT molecular complexity index is 1230. The van der Waals surface area contributed by atoms with Gasteiger partial charge in [0.2, 0.25) is 6.29 Å². The first-order chi connectivity index (χ1) is 20.9. The monoisotopic (exact) mass is 632 g/mol. The number of hydrogen-bond donors (Lipinski definition) is 5. The average Bonchev–Trinajstić information content (AvgIpc) is 3.39. The molecule has 5 saturated carbocycles. The molecule has 1 aliphatic heterocycles. The number of rotatable bonds is 4. The molecule has 5 aliphatic carbocycles. The van der Waals surface area contributed by atoms with Crippen LogP contribution in [0.2, 0.25) is 0 Å². The summed E-state index contributed by atoms with van der Waals surface area (Å²) in [4.78, 5) is 27.5. The predicted octanol–water partition coefficient (Wildman–Crippen LogP) is 3.53. The van der Waals surface area contributed by atoms with Gasteiger partial charge in [0.15, 0.2) is 0 Å². The minimum absolute atomic E-state index is 0.0701. The van der Waals surface area contributed by atoms with Gasteiger partial charge in [0, 0.05) is 17.3 Å². The number of ether oxygens (including phenoxy) is 2. The van der Waals surface area contributed by atoms with Gasteiger partial charge >= 0.3 is 5.97 Å². The van der Waals surface area contributed by atoms with Crippen molar-refractivity contribution in [3.63, 3.8) is 0 Å². The third-order valence-electron chi connectivity index (χ3n) is 15.4. The van der Waals surface area contributed by atoms with E-state index in [1.165, 1.54) is 0 Å². The summed E-state index contributed by atoms with van der Waals surface area (Å²) in [5.41, 5.74) is -1.04. The van der Waals surface area contributed by atoms with E-state index < -0.39 is 65.6 Å². The van der Waals surface area contributed by atoms with Crippen LogP contribution in [0.4, 0.5) is 0 Å². The van der Waals surface area contributed by atoms with Crippen molar-refractivity contribution < 1.29 is 44.6 Å². The fourth-order valence-corrected chi connectivity index (χ4v) is 12.6. The second-order valence-electron chi connectivity index (χ2n) is 17.2. The molecule has 1 saturated heterocycles. The molecule has 254 valence electrons. The molecule has 0 aromatic carbocycles. The number of allylic oxidation sites excluding steroid dienone is 1. The van der Waals surface area contributed by atoms with E-state index in [2.05, 4.69) is 41.2 Å². The van der Waals surface area contributed by atoms with Crippen LogP contribution in [0.15, 0.2) is 12.2 Å².